The first kappa shape index (κ1) is 22.1. The molecule has 8 heteroatoms. The maximum absolute atomic E-state index is 12.9. The van der Waals surface area contributed by atoms with Crippen molar-refractivity contribution in [2.75, 3.05) is 48.8 Å². The SMILES string of the molecule is Cc1ccc2c(c1)S(=O)(=O)CCN(c1cc(NCC3(CN)COC3)c3cc(C)ccc3n1)C2. The van der Waals surface area contributed by atoms with E-state index in [1.807, 2.05) is 31.2 Å². The van der Waals surface area contributed by atoms with Crippen LogP contribution < -0.4 is 16.0 Å². The molecule has 0 amide bonds. The van der Waals surface area contributed by atoms with Gasteiger partial charge in [-0.1, -0.05) is 23.8 Å². The van der Waals surface area contributed by atoms with Crippen LogP contribution in [0, 0.1) is 19.3 Å². The third kappa shape index (κ3) is 4.18. The third-order valence-electron chi connectivity index (χ3n) is 6.73. The number of hydrogen-bond acceptors (Lipinski definition) is 7. The lowest BCUT2D eigenvalue weighted by Gasteiger charge is -2.40. The summed E-state index contributed by atoms with van der Waals surface area (Å²) in [7, 11) is -3.34. The highest BCUT2D eigenvalue weighted by Gasteiger charge is 2.37. The zero-order chi connectivity index (χ0) is 23.2. The Labute approximate surface area is 194 Å². The minimum absolute atomic E-state index is 0.0485. The minimum Gasteiger partial charge on any atom is -0.384 e. The lowest BCUT2D eigenvalue weighted by Crippen LogP contribution is -2.52. The molecule has 7 nitrogen and oxygen atoms in total. The van der Waals surface area contributed by atoms with E-state index in [1.54, 1.807) is 6.07 Å². The Kier molecular flexibility index (Phi) is 5.55. The normalized spacial score (nSPS) is 18.9. The molecule has 1 fully saturated rings. The van der Waals surface area contributed by atoms with Gasteiger partial charge in [0, 0.05) is 48.7 Å². The Hall–Kier alpha value is -2.68. The van der Waals surface area contributed by atoms with Crippen molar-refractivity contribution in [3.63, 3.8) is 0 Å². The second kappa shape index (κ2) is 8.27. The second-order valence-corrected chi connectivity index (χ2v) is 11.5. The maximum atomic E-state index is 12.9. The van der Waals surface area contributed by atoms with Crippen molar-refractivity contribution in [2.24, 2.45) is 11.1 Å². The molecule has 3 N–H and O–H groups in total. The summed E-state index contributed by atoms with van der Waals surface area (Å²) in [6, 6.07) is 13.9. The first-order valence-electron chi connectivity index (χ1n) is 11.3. The van der Waals surface area contributed by atoms with Crippen LogP contribution in [-0.4, -0.2) is 52.0 Å². The Morgan fingerprint density at radius 2 is 1.88 bits per heavy atom. The van der Waals surface area contributed by atoms with E-state index in [2.05, 4.69) is 29.3 Å². The Morgan fingerprint density at radius 3 is 2.61 bits per heavy atom. The van der Waals surface area contributed by atoms with Gasteiger partial charge >= 0.3 is 0 Å². The van der Waals surface area contributed by atoms with E-state index in [0.717, 1.165) is 39.1 Å². The molecule has 174 valence electrons. The van der Waals surface area contributed by atoms with Crippen molar-refractivity contribution in [1.82, 2.24) is 4.98 Å². The summed E-state index contributed by atoms with van der Waals surface area (Å²) in [6.07, 6.45) is 0. The molecule has 1 aromatic heterocycles. The van der Waals surface area contributed by atoms with Crippen LogP contribution >= 0.6 is 0 Å². The molecular weight excluding hydrogens is 436 g/mol. The van der Waals surface area contributed by atoms with E-state index in [0.29, 0.717) is 44.3 Å². The summed E-state index contributed by atoms with van der Waals surface area (Å²) in [4.78, 5) is 7.42. The van der Waals surface area contributed by atoms with Gasteiger partial charge < -0.3 is 20.7 Å². The number of rotatable bonds is 5. The van der Waals surface area contributed by atoms with Crippen LogP contribution in [0.3, 0.4) is 0 Å². The summed E-state index contributed by atoms with van der Waals surface area (Å²) in [5.41, 5.74) is 10.7. The number of nitrogens with zero attached hydrogens (tertiary/aromatic N) is 2. The van der Waals surface area contributed by atoms with Crippen molar-refractivity contribution in [3.05, 3.63) is 59.2 Å². The second-order valence-electron chi connectivity index (χ2n) is 9.45. The summed E-state index contributed by atoms with van der Waals surface area (Å²) in [5.74, 6) is 0.831. The Bertz CT molecular complexity index is 1310. The number of benzene rings is 2. The number of nitrogens with two attached hydrogens (primary N) is 1. The van der Waals surface area contributed by atoms with Gasteiger partial charge in [0.15, 0.2) is 9.84 Å². The number of pyridine rings is 1. The topological polar surface area (TPSA) is 97.6 Å². The fourth-order valence-corrected chi connectivity index (χ4v) is 6.08. The molecule has 2 aromatic carbocycles. The van der Waals surface area contributed by atoms with Crippen LogP contribution in [0.25, 0.3) is 10.9 Å². The third-order valence-corrected chi connectivity index (χ3v) is 8.50. The molecule has 3 heterocycles. The van der Waals surface area contributed by atoms with Crippen LogP contribution in [0.4, 0.5) is 11.5 Å². The molecule has 33 heavy (non-hydrogen) atoms. The van der Waals surface area contributed by atoms with E-state index in [9.17, 15) is 8.42 Å². The predicted octanol–water partition coefficient (Wildman–Crippen LogP) is 3.03. The fourth-order valence-electron chi connectivity index (χ4n) is 4.50. The van der Waals surface area contributed by atoms with Gasteiger partial charge in [0.25, 0.3) is 0 Å². The lowest BCUT2D eigenvalue weighted by molar-refractivity contribution is -0.0979. The molecule has 0 unspecified atom stereocenters. The molecular formula is C25H30N4O3S. The van der Waals surface area contributed by atoms with Gasteiger partial charge in [-0.25, -0.2) is 13.4 Å². The summed E-state index contributed by atoms with van der Waals surface area (Å²) < 4.78 is 31.3. The molecule has 0 atom stereocenters. The highest BCUT2D eigenvalue weighted by atomic mass is 32.2. The lowest BCUT2D eigenvalue weighted by atomic mass is 9.86. The smallest absolute Gasteiger partial charge is 0.180 e. The zero-order valence-electron chi connectivity index (χ0n) is 19.1. The van der Waals surface area contributed by atoms with E-state index in [1.165, 1.54) is 0 Å². The van der Waals surface area contributed by atoms with Gasteiger partial charge in [0.05, 0.1) is 29.4 Å². The summed E-state index contributed by atoms with van der Waals surface area (Å²) in [6.45, 7) is 7.47. The van der Waals surface area contributed by atoms with Gasteiger partial charge in [0.1, 0.15) is 5.82 Å². The number of nitrogens with one attached hydrogen (secondary N) is 1. The molecule has 0 spiro atoms. The number of sulfone groups is 1. The van der Waals surface area contributed by atoms with Gasteiger partial charge in [-0.3, -0.25) is 0 Å². The molecule has 3 aromatic rings. The van der Waals surface area contributed by atoms with Crippen molar-refractivity contribution in [2.45, 2.75) is 25.3 Å². The number of hydrogen-bond donors (Lipinski definition) is 2. The van der Waals surface area contributed by atoms with Gasteiger partial charge in [-0.05, 0) is 43.2 Å². The molecule has 1 saturated heterocycles. The molecule has 0 saturated carbocycles. The largest absolute Gasteiger partial charge is 0.384 e. The van der Waals surface area contributed by atoms with Gasteiger partial charge in [-0.15, -0.1) is 0 Å². The van der Waals surface area contributed by atoms with E-state index in [4.69, 9.17) is 15.5 Å². The number of aryl methyl sites for hydroxylation is 2. The average Bonchev–Trinajstić information content (AvgIpc) is 2.89. The standard InChI is InChI=1S/C25H30N4O3S/c1-17-4-6-21-20(9-17)22(27-14-25(13-26)15-32-16-25)11-24(28-21)29-7-8-33(30,31)23-10-18(2)3-5-19(23)12-29/h3-6,9-11H,7-8,12-16,26H2,1-2H3,(H,27,28). The fraction of sp³-hybridized carbons (Fsp3) is 0.400. The molecule has 0 radical (unpaired) electrons. The van der Waals surface area contributed by atoms with Crippen LogP contribution in [0.15, 0.2) is 47.4 Å². The van der Waals surface area contributed by atoms with Gasteiger partial charge in [-0.2, -0.15) is 0 Å². The number of fused-ring (bicyclic) bond motifs is 2. The van der Waals surface area contributed by atoms with Crippen molar-refractivity contribution < 1.29 is 13.2 Å². The van der Waals surface area contributed by atoms with E-state index < -0.39 is 9.84 Å². The first-order valence-corrected chi connectivity index (χ1v) is 12.9. The number of anilines is 2. The van der Waals surface area contributed by atoms with Crippen LogP contribution in [0.5, 0.6) is 0 Å². The quantitative estimate of drug-likeness (QED) is 0.596. The van der Waals surface area contributed by atoms with E-state index in [-0.39, 0.29) is 11.2 Å². The number of ether oxygens (including phenoxy) is 1. The highest BCUT2D eigenvalue weighted by molar-refractivity contribution is 7.91. The van der Waals surface area contributed by atoms with Crippen molar-refractivity contribution >= 4 is 32.2 Å². The molecule has 0 aliphatic carbocycles. The van der Waals surface area contributed by atoms with E-state index >= 15 is 0 Å². The summed E-state index contributed by atoms with van der Waals surface area (Å²) in [5, 5.41) is 4.65. The van der Waals surface area contributed by atoms with Gasteiger partial charge in [0.2, 0.25) is 0 Å². The van der Waals surface area contributed by atoms with Crippen LogP contribution in [-0.2, 0) is 21.1 Å². The molecule has 5 rings (SSSR count). The van der Waals surface area contributed by atoms with Crippen molar-refractivity contribution in [3.8, 4) is 0 Å². The maximum Gasteiger partial charge on any atom is 0.180 e. The predicted molar refractivity (Wildman–Crippen MR) is 132 cm³/mol. The molecule has 2 aliphatic rings. The average molecular weight is 467 g/mol. The van der Waals surface area contributed by atoms with Crippen molar-refractivity contribution in [1.29, 1.82) is 0 Å². The molecule has 0 bridgehead atoms. The number of aromatic nitrogens is 1. The Balaban J connectivity index is 1.54. The van der Waals surface area contributed by atoms with Crippen LogP contribution in [0.1, 0.15) is 16.7 Å². The zero-order valence-corrected chi connectivity index (χ0v) is 19.9. The Morgan fingerprint density at radius 1 is 1.12 bits per heavy atom. The monoisotopic (exact) mass is 466 g/mol. The van der Waals surface area contributed by atoms with Crippen LogP contribution in [0.2, 0.25) is 0 Å². The summed E-state index contributed by atoms with van der Waals surface area (Å²) >= 11 is 0. The highest BCUT2D eigenvalue weighted by Crippen LogP contribution is 2.33. The minimum atomic E-state index is -3.34. The first-order chi connectivity index (χ1) is 15.8. The molecule has 2 aliphatic heterocycles.